The average Bonchev–Trinajstić information content (AvgIpc) is 1.83. The van der Waals surface area contributed by atoms with Crippen LogP contribution in [0.5, 0.6) is 0 Å². The van der Waals surface area contributed by atoms with Gasteiger partial charge < -0.3 is 5.32 Å². The molecule has 0 heterocycles. The van der Waals surface area contributed by atoms with Crippen molar-refractivity contribution < 1.29 is 4.79 Å². The summed E-state index contributed by atoms with van der Waals surface area (Å²) in [7, 11) is 0. The Morgan fingerprint density at radius 1 is 1.88 bits per heavy atom. The Bertz CT molecular complexity index is 101. The van der Waals surface area contributed by atoms with Crippen molar-refractivity contribution in [3.8, 4) is 0 Å². The predicted octanol–water partition coefficient (Wildman–Crippen LogP) is 0.914. The minimum atomic E-state index is 0.00954. The second-order valence-corrected chi connectivity index (χ2v) is 1.53. The number of nitrogens with one attached hydrogen (secondary N) is 1. The molecule has 1 N–H and O–H groups in total. The molecule has 0 aliphatic rings. The molecule has 0 fully saturated rings. The highest BCUT2D eigenvalue weighted by Crippen LogP contribution is 1.76. The second kappa shape index (κ2) is 4.71. The van der Waals surface area contributed by atoms with Gasteiger partial charge in [-0.1, -0.05) is 6.92 Å². The largest absolute Gasteiger partial charge is 0.332 e. The Kier molecular flexibility index (Phi) is 4.45. The van der Waals surface area contributed by atoms with E-state index in [4.69, 9.17) is 0 Å². The van der Waals surface area contributed by atoms with Gasteiger partial charge in [0.15, 0.2) is 0 Å². The second-order valence-electron chi connectivity index (χ2n) is 1.24. The van der Waals surface area contributed by atoms with Crippen molar-refractivity contribution in [2.45, 2.75) is 13.3 Å². The normalized spacial score (nSPS) is 9.75. The molecule has 0 aliphatic carbocycles. The van der Waals surface area contributed by atoms with Crippen LogP contribution in [0, 0.1) is 0 Å². The molecular formula is C5H9NOS. The molecule has 0 saturated carbocycles. The van der Waals surface area contributed by atoms with Crippen molar-refractivity contribution >= 4 is 18.5 Å². The van der Waals surface area contributed by atoms with Crippen LogP contribution >= 0.6 is 12.6 Å². The number of thiol groups is 1. The molecule has 0 spiro atoms. The van der Waals surface area contributed by atoms with Crippen LogP contribution < -0.4 is 5.32 Å². The highest BCUT2D eigenvalue weighted by atomic mass is 32.1. The van der Waals surface area contributed by atoms with Crippen LogP contribution in [0.2, 0.25) is 0 Å². The average molecular weight is 131 g/mol. The smallest absolute Gasteiger partial charge is 0.223 e. The summed E-state index contributed by atoms with van der Waals surface area (Å²) in [5, 5.41) is 3.97. The van der Waals surface area contributed by atoms with Crippen LogP contribution in [0.3, 0.4) is 0 Å². The lowest BCUT2D eigenvalue weighted by Crippen LogP contribution is -2.14. The van der Waals surface area contributed by atoms with Crippen LogP contribution in [0.25, 0.3) is 0 Å². The summed E-state index contributed by atoms with van der Waals surface area (Å²) in [5.41, 5.74) is 0. The number of hydrogen-bond acceptors (Lipinski definition) is 2. The van der Waals surface area contributed by atoms with E-state index in [-0.39, 0.29) is 5.91 Å². The van der Waals surface area contributed by atoms with Crippen molar-refractivity contribution in [1.29, 1.82) is 0 Å². The molecule has 2 nitrogen and oxygen atoms in total. The molecule has 0 aromatic heterocycles. The van der Waals surface area contributed by atoms with E-state index in [9.17, 15) is 4.79 Å². The summed E-state index contributed by atoms with van der Waals surface area (Å²) in [6, 6.07) is 0. The molecule has 46 valence electrons. The Labute approximate surface area is 54.4 Å². The summed E-state index contributed by atoms with van der Waals surface area (Å²) in [4.78, 5) is 10.4. The van der Waals surface area contributed by atoms with E-state index in [2.05, 4.69) is 17.9 Å². The molecule has 0 aromatic carbocycles. The zero-order chi connectivity index (χ0) is 6.41. The Morgan fingerprint density at radius 3 is 2.88 bits per heavy atom. The Balaban J connectivity index is 3.25. The highest BCUT2D eigenvalue weighted by molar-refractivity contribution is 7.83. The highest BCUT2D eigenvalue weighted by Gasteiger charge is 1.87. The molecule has 0 radical (unpaired) electrons. The molecular weight excluding hydrogens is 122 g/mol. The fourth-order valence-electron chi connectivity index (χ4n) is 0.232. The van der Waals surface area contributed by atoms with Crippen LogP contribution in [0.1, 0.15) is 13.3 Å². The van der Waals surface area contributed by atoms with Gasteiger partial charge in [0.1, 0.15) is 0 Å². The maximum atomic E-state index is 10.4. The lowest BCUT2D eigenvalue weighted by Gasteiger charge is -1.90. The van der Waals surface area contributed by atoms with Crippen molar-refractivity contribution in [2.75, 3.05) is 0 Å². The maximum Gasteiger partial charge on any atom is 0.223 e. The molecule has 0 bridgehead atoms. The lowest BCUT2D eigenvalue weighted by molar-refractivity contribution is -0.119. The van der Waals surface area contributed by atoms with Gasteiger partial charge in [-0.2, -0.15) is 0 Å². The first-order valence-electron chi connectivity index (χ1n) is 2.39. The fourth-order valence-corrected chi connectivity index (χ4v) is 0.307. The van der Waals surface area contributed by atoms with Gasteiger partial charge in [-0.3, -0.25) is 4.79 Å². The first-order chi connectivity index (χ1) is 3.81. The van der Waals surface area contributed by atoms with Gasteiger partial charge in [-0.05, 0) is 5.41 Å². The number of rotatable bonds is 2. The van der Waals surface area contributed by atoms with Crippen molar-refractivity contribution in [2.24, 2.45) is 0 Å². The third kappa shape index (κ3) is 3.74. The minimum absolute atomic E-state index is 0.00954. The summed E-state index contributed by atoms with van der Waals surface area (Å²) >= 11 is 3.74. The quantitative estimate of drug-likeness (QED) is 0.536. The lowest BCUT2D eigenvalue weighted by atomic mass is 10.5. The predicted molar refractivity (Wildman–Crippen MR) is 36.6 cm³/mol. The first kappa shape index (κ1) is 7.56. The molecule has 0 aromatic rings. The van der Waals surface area contributed by atoms with Crippen molar-refractivity contribution in [1.82, 2.24) is 5.32 Å². The molecule has 1 amide bonds. The van der Waals surface area contributed by atoms with E-state index in [0.717, 1.165) is 0 Å². The molecule has 0 atom stereocenters. The van der Waals surface area contributed by atoms with E-state index >= 15 is 0 Å². The number of carbonyl (C=O) groups is 1. The number of amides is 1. The minimum Gasteiger partial charge on any atom is -0.332 e. The van der Waals surface area contributed by atoms with E-state index in [1.165, 1.54) is 11.6 Å². The van der Waals surface area contributed by atoms with E-state index in [0.29, 0.717) is 6.42 Å². The van der Waals surface area contributed by atoms with Crippen molar-refractivity contribution in [3.63, 3.8) is 0 Å². The van der Waals surface area contributed by atoms with Crippen LogP contribution in [-0.4, -0.2) is 5.91 Å². The van der Waals surface area contributed by atoms with Crippen LogP contribution in [0.15, 0.2) is 11.6 Å². The van der Waals surface area contributed by atoms with Gasteiger partial charge in [0.2, 0.25) is 5.91 Å². The molecule has 0 rings (SSSR count). The van der Waals surface area contributed by atoms with Crippen molar-refractivity contribution in [3.05, 3.63) is 11.6 Å². The zero-order valence-electron chi connectivity index (χ0n) is 4.72. The first-order valence-corrected chi connectivity index (χ1v) is 2.91. The topological polar surface area (TPSA) is 29.1 Å². The molecule has 0 aliphatic heterocycles. The zero-order valence-corrected chi connectivity index (χ0v) is 5.61. The van der Waals surface area contributed by atoms with Gasteiger partial charge in [-0.25, -0.2) is 0 Å². The van der Waals surface area contributed by atoms with Gasteiger partial charge in [-0.15, -0.1) is 12.6 Å². The van der Waals surface area contributed by atoms with Gasteiger partial charge in [0.25, 0.3) is 0 Å². The number of hydrogen-bond donors (Lipinski definition) is 2. The number of carbonyl (C=O) groups excluding carboxylic acids is 1. The molecule has 3 heteroatoms. The van der Waals surface area contributed by atoms with Crippen LogP contribution in [-0.2, 0) is 4.79 Å². The SMILES string of the molecule is CCC(=O)NC=CS. The Hall–Kier alpha value is -0.440. The molecule has 0 unspecified atom stereocenters. The summed E-state index contributed by atoms with van der Waals surface area (Å²) in [5.74, 6) is 0.00954. The standard InChI is InChI=1S/C5H9NOS/c1-2-5(7)6-3-4-8/h3-4,8H,2H2,1H3,(H,6,7). The van der Waals surface area contributed by atoms with E-state index < -0.39 is 0 Å². The summed E-state index contributed by atoms with van der Waals surface area (Å²) < 4.78 is 0. The molecule has 8 heavy (non-hydrogen) atoms. The maximum absolute atomic E-state index is 10.4. The van der Waals surface area contributed by atoms with Gasteiger partial charge in [0, 0.05) is 12.6 Å². The van der Waals surface area contributed by atoms with Crippen LogP contribution in [0.4, 0.5) is 0 Å². The monoisotopic (exact) mass is 131 g/mol. The van der Waals surface area contributed by atoms with Gasteiger partial charge >= 0.3 is 0 Å². The summed E-state index contributed by atoms with van der Waals surface area (Å²) in [6.45, 7) is 1.79. The summed E-state index contributed by atoms with van der Waals surface area (Å²) in [6.07, 6.45) is 2.01. The third-order valence-electron chi connectivity index (χ3n) is 0.640. The van der Waals surface area contributed by atoms with E-state index in [1.807, 2.05) is 0 Å². The molecule has 0 saturated heterocycles. The fraction of sp³-hybridized carbons (Fsp3) is 0.400. The third-order valence-corrected chi connectivity index (χ3v) is 0.789. The Morgan fingerprint density at radius 2 is 2.50 bits per heavy atom. The van der Waals surface area contributed by atoms with E-state index in [1.54, 1.807) is 6.92 Å². The van der Waals surface area contributed by atoms with Gasteiger partial charge in [0.05, 0.1) is 0 Å².